The van der Waals surface area contributed by atoms with Crippen molar-refractivity contribution < 1.29 is 13.9 Å². The second kappa shape index (κ2) is 7.08. The number of nitrogens with two attached hydrogens (primary N) is 1. The van der Waals surface area contributed by atoms with Gasteiger partial charge in [0.1, 0.15) is 11.3 Å². The van der Waals surface area contributed by atoms with Crippen LogP contribution in [0.3, 0.4) is 0 Å². The van der Waals surface area contributed by atoms with Gasteiger partial charge in [0.15, 0.2) is 11.5 Å². The average molecular weight is 291 g/mol. The van der Waals surface area contributed by atoms with Crippen LogP contribution in [0.25, 0.3) is 11.1 Å². The highest BCUT2D eigenvalue weighted by atomic mass is 16.5. The van der Waals surface area contributed by atoms with Gasteiger partial charge >= 0.3 is 0 Å². The van der Waals surface area contributed by atoms with Gasteiger partial charge in [-0.25, -0.2) is 4.98 Å². The zero-order valence-electron chi connectivity index (χ0n) is 12.4. The molecule has 0 unspecified atom stereocenters. The number of nitrogens with zero attached hydrogens (tertiary/aromatic N) is 1. The van der Waals surface area contributed by atoms with Gasteiger partial charge in [-0.3, -0.25) is 4.79 Å². The van der Waals surface area contributed by atoms with E-state index in [1.807, 2.05) is 26.0 Å². The molecule has 2 rings (SSSR count). The molecule has 0 radical (unpaired) electrons. The molecular formula is C15H21N3O3. The molecule has 1 aromatic heterocycles. The molecule has 0 atom stereocenters. The topological polar surface area (TPSA) is 90.4 Å². The number of carbonyl (C=O) groups is 1. The highest BCUT2D eigenvalue weighted by Crippen LogP contribution is 2.24. The Morgan fingerprint density at radius 2 is 2.29 bits per heavy atom. The van der Waals surface area contributed by atoms with Gasteiger partial charge in [-0.1, -0.05) is 13.8 Å². The van der Waals surface area contributed by atoms with Gasteiger partial charge in [-0.05, 0) is 12.1 Å². The summed E-state index contributed by atoms with van der Waals surface area (Å²) < 4.78 is 11.2. The third-order valence-corrected chi connectivity index (χ3v) is 2.93. The van der Waals surface area contributed by atoms with Gasteiger partial charge in [-0.15, -0.1) is 0 Å². The molecule has 0 fully saturated rings. The number of benzene rings is 1. The lowest BCUT2D eigenvalue weighted by atomic mass is 10.2. The Balaban J connectivity index is 1.92. The SMILES string of the molecule is CC(C)c1nc2ccc(OCCC(=O)NCCN)cc2o1. The van der Waals surface area contributed by atoms with E-state index < -0.39 is 0 Å². The number of nitrogens with one attached hydrogen (secondary N) is 1. The first-order chi connectivity index (χ1) is 10.1. The number of oxazole rings is 1. The smallest absolute Gasteiger partial charge is 0.223 e. The van der Waals surface area contributed by atoms with E-state index in [-0.39, 0.29) is 11.8 Å². The minimum Gasteiger partial charge on any atom is -0.493 e. The zero-order valence-corrected chi connectivity index (χ0v) is 12.4. The van der Waals surface area contributed by atoms with Crippen LogP contribution in [0.5, 0.6) is 5.75 Å². The standard InChI is InChI=1S/C15H21N3O3/c1-10(2)15-18-12-4-3-11(9-13(12)21-15)20-8-5-14(19)17-7-6-16/h3-4,9-10H,5-8,16H2,1-2H3,(H,17,19). The van der Waals surface area contributed by atoms with Crippen molar-refractivity contribution in [1.29, 1.82) is 0 Å². The van der Waals surface area contributed by atoms with Crippen LogP contribution in [0.1, 0.15) is 32.1 Å². The number of ether oxygens (including phenoxy) is 1. The van der Waals surface area contributed by atoms with Crippen molar-refractivity contribution in [2.75, 3.05) is 19.7 Å². The van der Waals surface area contributed by atoms with E-state index in [2.05, 4.69) is 10.3 Å². The normalized spacial score (nSPS) is 11.0. The van der Waals surface area contributed by atoms with E-state index in [1.54, 1.807) is 6.07 Å². The third kappa shape index (κ3) is 4.19. The van der Waals surface area contributed by atoms with Gasteiger partial charge in [0, 0.05) is 25.1 Å². The van der Waals surface area contributed by atoms with Crippen LogP contribution in [0.4, 0.5) is 0 Å². The molecular weight excluding hydrogens is 270 g/mol. The van der Waals surface area contributed by atoms with Crippen LogP contribution in [0, 0.1) is 0 Å². The molecule has 0 saturated heterocycles. The zero-order chi connectivity index (χ0) is 15.2. The summed E-state index contributed by atoms with van der Waals surface area (Å²) >= 11 is 0. The molecule has 1 heterocycles. The molecule has 6 nitrogen and oxygen atoms in total. The maximum atomic E-state index is 11.4. The average Bonchev–Trinajstić information content (AvgIpc) is 2.88. The first kappa shape index (κ1) is 15.3. The molecule has 1 amide bonds. The summed E-state index contributed by atoms with van der Waals surface area (Å²) in [6.07, 6.45) is 0.297. The monoisotopic (exact) mass is 291 g/mol. The predicted molar refractivity (Wildman–Crippen MR) is 80.3 cm³/mol. The fourth-order valence-corrected chi connectivity index (χ4v) is 1.82. The first-order valence-electron chi connectivity index (χ1n) is 7.10. The number of hydrogen-bond donors (Lipinski definition) is 2. The molecule has 1 aromatic carbocycles. The summed E-state index contributed by atoms with van der Waals surface area (Å²) in [5.41, 5.74) is 6.82. The Kier molecular flexibility index (Phi) is 5.16. The van der Waals surface area contributed by atoms with Gasteiger partial charge in [0.05, 0.1) is 13.0 Å². The summed E-state index contributed by atoms with van der Waals surface area (Å²) in [7, 11) is 0. The van der Waals surface area contributed by atoms with Crippen molar-refractivity contribution in [1.82, 2.24) is 10.3 Å². The summed E-state index contributed by atoms with van der Waals surface area (Å²) in [5, 5.41) is 2.69. The van der Waals surface area contributed by atoms with Gasteiger partial charge in [0.2, 0.25) is 5.91 Å². The van der Waals surface area contributed by atoms with Crippen LogP contribution >= 0.6 is 0 Å². The summed E-state index contributed by atoms with van der Waals surface area (Å²) in [4.78, 5) is 15.8. The largest absolute Gasteiger partial charge is 0.493 e. The Morgan fingerprint density at radius 3 is 3.00 bits per heavy atom. The van der Waals surface area contributed by atoms with Gasteiger partial charge in [-0.2, -0.15) is 0 Å². The number of rotatable bonds is 7. The second-order valence-electron chi connectivity index (χ2n) is 5.07. The Bertz CT molecular complexity index is 607. The lowest BCUT2D eigenvalue weighted by Crippen LogP contribution is -2.29. The van der Waals surface area contributed by atoms with Crippen molar-refractivity contribution in [2.45, 2.75) is 26.2 Å². The van der Waals surface area contributed by atoms with E-state index >= 15 is 0 Å². The molecule has 0 aliphatic heterocycles. The molecule has 0 saturated carbocycles. The van der Waals surface area contributed by atoms with E-state index in [9.17, 15) is 4.79 Å². The van der Waals surface area contributed by atoms with E-state index in [0.29, 0.717) is 43.3 Å². The van der Waals surface area contributed by atoms with Crippen molar-refractivity contribution in [3.63, 3.8) is 0 Å². The summed E-state index contributed by atoms with van der Waals surface area (Å²) in [6, 6.07) is 5.48. The molecule has 114 valence electrons. The third-order valence-electron chi connectivity index (χ3n) is 2.93. The molecule has 0 aliphatic rings. The van der Waals surface area contributed by atoms with Gasteiger partial charge in [0.25, 0.3) is 0 Å². The highest BCUT2D eigenvalue weighted by molar-refractivity contribution is 5.76. The second-order valence-corrected chi connectivity index (χ2v) is 5.07. The predicted octanol–water partition coefficient (Wildman–Crippen LogP) is 1.79. The number of aromatic nitrogens is 1. The molecule has 21 heavy (non-hydrogen) atoms. The minimum atomic E-state index is -0.0664. The van der Waals surface area contributed by atoms with Crippen molar-refractivity contribution >= 4 is 17.0 Å². The Morgan fingerprint density at radius 1 is 1.48 bits per heavy atom. The molecule has 0 aliphatic carbocycles. The van der Waals surface area contributed by atoms with Crippen LogP contribution in [0.2, 0.25) is 0 Å². The molecule has 2 aromatic rings. The fraction of sp³-hybridized carbons (Fsp3) is 0.467. The fourth-order valence-electron chi connectivity index (χ4n) is 1.82. The first-order valence-corrected chi connectivity index (χ1v) is 7.10. The maximum absolute atomic E-state index is 11.4. The number of amides is 1. The van der Waals surface area contributed by atoms with Gasteiger partial charge < -0.3 is 20.2 Å². The van der Waals surface area contributed by atoms with Crippen molar-refractivity contribution in [2.24, 2.45) is 5.73 Å². The van der Waals surface area contributed by atoms with Crippen LogP contribution in [-0.4, -0.2) is 30.6 Å². The van der Waals surface area contributed by atoms with Crippen molar-refractivity contribution in [3.05, 3.63) is 24.1 Å². The van der Waals surface area contributed by atoms with Crippen LogP contribution < -0.4 is 15.8 Å². The Hall–Kier alpha value is -2.08. The minimum absolute atomic E-state index is 0.0664. The molecule has 0 bridgehead atoms. The summed E-state index contributed by atoms with van der Waals surface area (Å²) in [5.74, 6) is 1.56. The number of hydrogen-bond acceptors (Lipinski definition) is 5. The summed E-state index contributed by atoms with van der Waals surface area (Å²) in [6.45, 7) is 5.30. The number of carbonyl (C=O) groups excluding carboxylic acids is 1. The molecule has 6 heteroatoms. The van der Waals surface area contributed by atoms with E-state index in [0.717, 1.165) is 5.52 Å². The quantitative estimate of drug-likeness (QED) is 0.811. The Labute approximate surface area is 123 Å². The van der Waals surface area contributed by atoms with Crippen LogP contribution in [0.15, 0.2) is 22.6 Å². The maximum Gasteiger partial charge on any atom is 0.223 e. The number of fused-ring (bicyclic) bond motifs is 1. The van der Waals surface area contributed by atoms with Crippen molar-refractivity contribution in [3.8, 4) is 5.75 Å². The van der Waals surface area contributed by atoms with E-state index in [1.165, 1.54) is 0 Å². The van der Waals surface area contributed by atoms with Crippen LogP contribution in [-0.2, 0) is 4.79 Å². The molecule has 0 spiro atoms. The lowest BCUT2D eigenvalue weighted by Gasteiger charge is -2.06. The highest BCUT2D eigenvalue weighted by Gasteiger charge is 2.10. The lowest BCUT2D eigenvalue weighted by molar-refractivity contribution is -0.121. The molecule has 3 N–H and O–H groups in total. The van der Waals surface area contributed by atoms with E-state index in [4.69, 9.17) is 14.9 Å².